The van der Waals surface area contributed by atoms with Gasteiger partial charge in [-0.05, 0) is 23.8 Å². The van der Waals surface area contributed by atoms with Gasteiger partial charge in [0, 0.05) is 18.0 Å². The Bertz CT molecular complexity index is 557. The molecule has 0 unspecified atom stereocenters. The van der Waals surface area contributed by atoms with Gasteiger partial charge in [0.2, 0.25) is 0 Å². The van der Waals surface area contributed by atoms with Crippen molar-refractivity contribution in [2.75, 3.05) is 0 Å². The SMILES string of the molecule is FC(F)(F)Oc1cccc(-c2ccncc2Cl)c1. The molecule has 0 radical (unpaired) electrons. The van der Waals surface area contributed by atoms with Gasteiger partial charge in [0.25, 0.3) is 0 Å². The molecule has 1 heterocycles. The number of nitrogens with zero attached hydrogens (tertiary/aromatic N) is 1. The zero-order valence-electron chi connectivity index (χ0n) is 8.91. The van der Waals surface area contributed by atoms with E-state index in [-0.39, 0.29) is 5.75 Å². The van der Waals surface area contributed by atoms with Gasteiger partial charge < -0.3 is 4.74 Å². The monoisotopic (exact) mass is 273 g/mol. The Balaban J connectivity index is 2.36. The van der Waals surface area contributed by atoms with E-state index in [0.29, 0.717) is 16.1 Å². The Morgan fingerprint density at radius 2 is 1.94 bits per heavy atom. The summed E-state index contributed by atoms with van der Waals surface area (Å²) in [6.07, 6.45) is -1.77. The third kappa shape index (κ3) is 3.13. The van der Waals surface area contributed by atoms with Gasteiger partial charge in [-0.25, -0.2) is 0 Å². The Labute approximate surface area is 106 Å². The van der Waals surface area contributed by atoms with Crippen molar-refractivity contribution < 1.29 is 17.9 Å². The topological polar surface area (TPSA) is 22.1 Å². The average molecular weight is 274 g/mol. The molecular weight excluding hydrogens is 267 g/mol. The lowest BCUT2D eigenvalue weighted by molar-refractivity contribution is -0.274. The molecule has 2 nitrogen and oxygen atoms in total. The highest BCUT2D eigenvalue weighted by Crippen LogP contribution is 2.31. The summed E-state index contributed by atoms with van der Waals surface area (Å²) in [4.78, 5) is 3.81. The van der Waals surface area contributed by atoms with Crippen LogP contribution in [-0.4, -0.2) is 11.3 Å². The van der Waals surface area contributed by atoms with Crippen molar-refractivity contribution >= 4 is 11.6 Å². The highest BCUT2D eigenvalue weighted by molar-refractivity contribution is 6.33. The smallest absolute Gasteiger partial charge is 0.406 e. The first-order valence-corrected chi connectivity index (χ1v) is 5.29. The normalized spacial score (nSPS) is 11.3. The minimum Gasteiger partial charge on any atom is -0.406 e. The summed E-state index contributed by atoms with van der Waals surface area (Å²) in [5.41, 5.74) is 1.13. The van der Waals surface area contributed by atoms with Gasteiger partial charge in [-0.2, -0.15) is 0 Å². The number of hydrogen-bond acceptors (Lipinski definition) is 2. The van der Waals surface area contributed by atoms with Crippen LogP contribution in [-0.2, 0) is 0 Å². The van der Waals surface area contributed by atoms with Crippen LogP contribution < -0.4 is 4.74 Å². The predicted octanol–water partition coefficient (Wildman–Crippen LogP) is 4.30. The fraction of sp³-hybridized carbons (Fsp3) is 0.0833. The number of benzene rings is 1. The number of halogens is 4. The zero-order chi connectivity index (χ0) is 13.2. The lowest BCUT2D eigenvalue weighted by Crippen LogP contribution is -2.17. The van der Waals surface area contributed by atoms with Crippen molar-refractivity contribution in [1.29, 1.82) is 0 Å². The third-order valence-electron chi connectivity index (χ3n) is 2.15. The molecule has 0 spiro atoms. The number of alkyl halides is 3. The van der Waals surface area contributed by atoms with E-state index in [9.17, 15) is 13.2 Å². The fourth-order valence-corrected chi connectivity index (χ4v) is 1.70. The van der Waals surface area contributed by atoms with Crippen LogP contribution in [0.4, 0.5) is 13.2 Å². The van der Waals surface area contributed by atoms with Gasteiger partial charge in [0.1, 0.15) is 5.75 Å². The maximum atomic E-state index is 12.1. The molecule has 18 heavy (non-hydrogen) atoms. The molecule has 0 amide bonds. The van der Waals surface area contributed by atoms with Gasteiger partial charge in [0.15, 0.2) is 0 Å². The molecule has 0 aliphatic heterocycles. The maximum absolute atomic E-state index is 12.1. The Kier molecular flexibility index (Phi) is 3.43. The molecule has 0 aliphatic carbocycles. The van der Waals surface area contributed by atoms with E-state index in [1.165, 1.54) is 30.6 Å². The number of rotatable bonds is 2. The van der Waals surface area contributed by atoms with Gasteiger partial charge in [-0.15, -0.1) is 13.2 Å². The average Bonchev–Trinajstić information content (AvgIpc) is 2.27. The molecule has 1 aromatic carbocycles. The number of hydrogen-bond donors (Lipinski definition) is 0. The molecule has 0 saturated heterocycles. The molecule has 0 saturated carbocycles. The molecule has 0 fully saturated rings. The van der Waals surface area contributed by atoms with E-state index in [0.717, 1.165) is 0 Å². The Morgan fingerprint density at radius 3 is 2.61 bits per heavy atom. The predicted molar refractivity (Wildman–Crippen MR) is 61.4 cm³/mol. The van der Waals surface area contributed by atoms with Gasteiger partial charge in [-0.3, -0.25) is 4.98 Å². The molecule has 0 N–H and O–H groups in total. The standard InChI is InChI=1S/C12H7ClF3NO/c13-11-7-17-5-4-10(11)8-2-1-3-9(6-8)18-12(14,15)16/h1-7H. The van der Waals surface area contributed by atoms with Crippen molar-refractivity contribution in [3.05, 3.63) is 47.7 Å². The molecule has 1 aromatic heterocycles. The first-order chi connectivity index (χ1) is 8.46. The summed E-state index contributed by atoms with van der Waals surface area (Å²) >= 11 is 5.92. The summed E-state index contributed by atoms with van der Waals surface area (Å²) in [5.74, 6) is -0.284. The quantitative estimate of drug-likeness (QED) is 0.814. The van der Waals surface area contributed by atoms with Crippen LogP contribution in [0.25, 0.3) is 11.1 Å². The summed E-state index contributed by atoms with van der Waals surface area (Å²) in [6.45, 7) is 0. The van der Waals surface area contributed by atoms with Gasteiger partial charge in [0.05, 0.1) is 5.02 Å². The summed E-state index contributed by atoms with van der Waals surface area (Å²) in [7, 11) is 0. The first kappa shape index (κ1) is 12.7. The first-order valence-electron chi connectivity index (χ1n) is 4.91. The van der Waals surface area contributed by atoms with Crippen LogP contribution in [0, 0.1) is 0 Å². The third-order valence-corrected chi connectivity index (χ3v) is 2.45. The molecule has 94 valence electrons. The van der Waals surface area contributed by atoms with E-state index in [1.807, 2.05) is 0 Å². The Hall–Kier alpha value is -1.75. The van der Waals surface area contributed by atoms with E-state index in [1.54, 1.807) is 12.1 Å². The van der Waals surface area contributed by atoms with Crippen LogP contribution in [0.1, 0.15) is 0 Å². The van der Waals surface area contributed by atoms with Gasteiger partial charge in [-0.1, -0.05) is 23.7 Å². The van der Waals surface area contributed by atoms with Crippen LogP contribution in [0.15, 0.2) is 42.7 Å². The lowest BCUT2D eigenvalue weighted by Gasteiger charge is -2.10. The minimum atomic E-state index is -4.71. The second kappa shape index (κ2) is 4.86. The van der Waals surface area contributed by atoms with Crippen molar-refractivity contribution in [2.45, 2.75) is 6.36 Å². The largest absolute Gasteiger partial charge is 0.573 e. The van der Waals surface area contributed by atoms with E-state index < -0.39 is 6.36 Å². The highest BCUT2D eigenvalue weighted by atomic mass is 35.5. The van der Waals surface area contributed by atoms with Crippen molar-refractivity contribution in [1.82, 2.24) is 4.98 Å². The van der Waals surface area contributed by atoms with E-state index >= 15 is 0 Å². The highest BCUT2D eigenvalue weighted by Gasteiger charge is 2.31. The minimum absolute atomic E-state index is 0.284. The van der Waals surface area contributed by atoms with E-state index in [2.05, 4.69) is 9.72 Å². The fourth-order valence-electron chi connectivity index (χ4n) is 1.47. The maximum Gasteiger partial charge on any atom is 0.573 e. The van der Waals surface area contributed by atoms with Crippen LogP contribution in [0.3, 0.4) is 0 Å². The van der Waals surface area contributed by atoms with E-state index in [4.69, 9.17) is 11.6 Å². The zero-order valence-corrected chi connectivity index (χ0v) is 9.66. The summed E-state index contributed by atoms with van der Waals surface area (Å²) in [5, 5.41) is 0.363. The van der Waals surface area contributed by atoms with Crippen molar-refractivity contribution in [3.63, 3.8) is 0 Å². The molecular formula is C12H7ClF3NO. The van der Waals surface area contributed by atoms with Crippen LogP contribution >= 0.6 is 11.6 Å². The summed E-state index contributed by atoms with van der Waals surface area (Å²) in [6, 6.07) is 7.23. The number of aromatic nitrogens is 1. The summed E-state index contributed by atoms with van der Waals surface area (Å²) < 4.78 is 40.1. The molecule has 2 rings (SSSR count). The molecule has 6 heteroatoms. The molecule has 0 atom stereocenters. The van der Waals surface area contributed by atoms with Gasteiger partial charge >= 0.3 is 6.36 Å². The number of ether oxygens (including phenoxy) is 1. The van der Waals surface area contributed by atoms with Crippen LogP contribution in [0.2, 0.25) is 5.02 Å². The lowest BCUT2D eigenvalue weighted by atomic mass is 10.1. The van der Waals surface area contributed by atoms with Crippen molar-refractivity contribution in [3.8, 4) is 16.9 Å². The van der Waals surface area contributed by atoms with Crippen molar-refractivity contribution in [2.24, 2.45) is 0 Å². The number of pyridine rings is 1. The molecule has 2 aromatic rings. The second-order valence-electron chi connectivity index (χ2n) is 3.43. The second-order valence-corrected chi connectivity index (χ2v) is 3.84. The Morgan fingerprint density at radius 1 is 1.17 bits per heavy atom. The van der Waals surface area contributed by atoms with Crippen LogP contribution in [0.5, 0.6) is 5.75 Å². The molecule has 0 bridgehead atoms. The molecule has 0 aliphatic rings.